The largest absolute Gasteiger partial charge is 0.324 e. The molecule has 1 saturated heterocycles. The SMILES string of the molecule is CC1CS(=O)(=O)CCN1CCC(N)c1ccc(Cl)cc1. The Bertz CT molecular complexity index is 545. The number of hydrogen-bond acceptors (Lipinski definition) is 4. The summed E-state index contributed by atoms with van der Waals surface area (Å²) >= 11 is 5.86. The van der Waals surface area contributed by atoms with Crippen LogP contribution < -0.4 is 5.73 Å². The van der Waals surface area contributed by atoms with E-state index in [9.17, 15) is 8.42 Å². The van der Waals surface area contributed by atoms with Crippen LogP contribution in [0.1, 0.15) is 24.9 Å². The first kappa shape index (κ1) is 15.8. The van der Waals surface area contributed by atoms with E-state index >= 15 is 0 Å². The molecular weight excluding hydrogens is 296 g/mol. The van der Waals surface area contributed by atoms with E-state index in [1.807, 2.05) is 31.2 Å². The molecule has 1 aliphatic heterocycles. The van der Waals surface area contributed by atoms with E-state index in [0.717, 1.165) is 18.5 Å². The Hall–Kier alpha value is -0.620. The molecule has 2 atom stereocenters. The molecule has 1 heterocycles. The fraction of sp³-hybridized carbons (Fsp3) is 0.571. The molecule has 20 heavy (non-hydrogen) atoms. The Morgan fingerprint density at radius 2 is 2.05 bits per heavy atom. The quantitative estimate of drug-likeness (QED) is 0.920. The van der Waals surface area contributed by atoms with Crippen LogP contribution in [0.2, 0.25) is 5.02 Å². The van der Waals surface area contributed by atoms with Gasteiger partial charge < -0.3 is 5.73 Å². The molecule has 0 bridgehead atoms. The van der Waals surface area contributed by atoms with Crippen molar-refractivity contribution < 1.29 is 8.42 Å². The maximum Gasteiger partial charge on any atom is 0.153 e. The summed E-state index contributed by atoms with van der Waals surface area (Å²) in [6.07, 6.45) is 0.812. The van der Waals surface area contributed by atoms with Gasteiger partial charge in [-0.25, -0.2) is 8.42 Å². The third-order valence-corrected chi connectivity index (χ3v) is 5.88. The number of rotatable bonds is 4. The summed E-state index contributed by atoms with van der Waals surface area (Å²) in [6.45, 7) is 3.39. The molecule has 4 nitrogen and oxygen atoms in total. The van der Waals surface area contributed by atoms with Crippen molar-refractivity contribution in [2.24, 2.45) is 5.73 Å². The first-order valence-corrected chi connectivity index (χ1v) is 9.03. The lowest BCUT2D eigenvalue weighted by atomic mass is 10.0. The van der Waals surface area contributed by atoms with Gasteiger partial charge in [0.15, 0.2) is 9.84 Å². The number of hydrogen-bond donors (Lipinski definition) is 1. The van der Waals surface area contributed by atoms with Crippen molar-refractivity contribution in [3.05, 3.63) is 34.9 Å². The molecule has 0 saturated carbocycles. The molecule has 2 unspecified atom stereocenters. The topological polar surface area (TPSA) is 63.4 Å². The van der Waals surface area contributed by atoms with Gasteiger partial charge in [0, 0.05) is 30.2 Å². The number of benzene rings is 1. The van der Waals surface area contributed by atoms with E-state index in [1.165, 1.54) is 0 Å². The Labute approximate surface area is 125 Å². The van der Waals surface area contributed by atoms with Crippen molar-refractivity contribution in [1.29, 1.82) is 0 Å². The molecule has 1 fully saturated rings. The van der Waals surface area contributed by atoms with Crippen LogP contribution in [0.4, 0.5) is 0 Å². The van der Waals surface area contributed by atoms with E-state index in [2.05, 4.69) is 4.90 Å². The summed E-state index contributed by atoms with van der Waals surface area (Å²) in [5.41, 5.74) is 7.23. The highest BCUT2D eigenvalue weighted by atomic mass is 35.5. The second-order valence-corrected chi connectivity index (χ2v) is 8.11. The fourth-order valence-electron chi connectivity index (χ4n) is 2.55. The molecule has 0 aliphatic carbocycles. The molecule has 0 amide bonds. The third kappa shape index (κ3) is 4.19. The van der Waals surface area contributed by atoms with Gasteiger partial charge in [-0.2, -0.15) is 0 Å². The van der Waals surface area contributed by atoms with Crippen molar-refractivity contribution in [3.63, 3.8) is 0 Å². The summed E-state index contributed by atoms with van der Waals surface area (Å²) in [4.78, 5) is 2.21. The highest BCUT2D eigenvalue weighted by Crippen LogP contribution is 2.19. The molecule has 0 radical (unpaired) electrons. The summed E-state index contributed by atoms with van der Waals surface area (Å²) in [5.74, 6) is 0.511. The van der Waals surface area contributed by atoms with E-state index in [0.29, 0.717) is 11.6 Å². The van der Waals surface area contributed by atoms with Gasteiger partial charge in [0.1, 0.15) is 0 Å². The Balaban J connectivity index is 1.87. The number of nitrogens with two attached hydrogens (primary N) is 1. The lowest BCUT2D eigenvalue weighted by molar-refractivity contribution is 0.219. The Morgan fingerprint density at radius 3 is 2.65 bits per heavy atom. The van der Waals surface area contributed by atoms with Gasteiger partial charge in [0.2, 0.25) is 0 Å². The smallest absolute Gasteiger partial charge is 0.153 e. The molecular formula is C14H21ClN2O2S. The van der Waals surface area contributed by atoms with Crippen LogP contribution in [0.3, 0.4) is 0 Å². The van der Waals surface area contributed by atoms with Crippen LogP contribution in [0, 0.1) is 0 Å². The molecule has 2 N–H and O–H groups in total. The second kappa shape index (κ2) is 6.43. The minimum absolute atomic E-state index is 0.0435. The first-order chi connectivity index (χ1) is 9.37. The minimum atomic E-state index is -2.85. The van der Waals surface area contributed by atoms with Crippen LogP contribution in [0.5, 0.6) is 0 Å². The average molecular weight is 317 g/mol. The molecule has 1 aliphatic rings. The monoisotopic (exact) mass is 316 g/mol. The van der Waals surface area contributed by atoms with Gasteiger partial charge in [-0.15, -0.1) is 0 Å². The zero-order valence-electron chi connectivity index (χ0n) is 11.6. The molecule has 1 aromatic carbocycles. The van der Waals surface area contributed by atoms with Crippen molar-refractivity contribution in [1.82, 2.24) is 4.90 Å². The molecule has 1 aromatic rings. The van der Waals surface area contributed by atoms with Crippen LogP contribution >= 0.6 is 11.6 Å². The summed E-state index contributed by atoms with van der Waals surface area (Å²) in [7, 11) is -2.85. The number of halogens is 1. The van der Waals surface area contributed by atoms with Crippen LogP contribution in [-0.2, 0) is 9.84 Å². The lowest BCUT2D eigenvalue weighted by Gasteiger charge is -2.33. The molecule has 0 aromatic heterocycles. The minimum Gasteiger partial charge on any atom is -0.324 e. The average Bonchev–Trinajstić information content (AvgIpc) is 2.37. The predicted molar refractivity (Wildman–Crippen MR) is 82.7 cm³/mol. The Kier molecular flexibility index (Phi) is 5.07. The van der Waals surface area contributed by atoms with Crippen molar-refractivity contribution in [2.45, 2.75) is 25.4 Å². The van der Waals surface area contributed by atoms with E-state index in [-0.39, 0.29) is 23.6 Å². The van der Waals surface area contributed by atoms with Crippen molar-refractivity contribution in [2.75, 3.05) is 24.6 Å². The second-order valence-electron chi connectivity index (χ2n) is 5.45. The summed E-state index contributed by atoms with van der Waals surface area (Å²) in [5, 5.41) is 0.704. The standard InChI is InChI=1S/C14H21ClN2O2S/c1-11-10-20(18,19)9-8-17(11)7-6-14(16)12-2-4-13(15)5-3-12/h2-5,11,14H,6-10,16H2,1H3. The van der Waals surface area contributed by atoms with E-state index in [4.69, 9.17) is 17.3 Å². The van der Waals surface area contributed by atoms with Gasteiger partial charge >= 0.3 is 0 Å². The van der Waals surface area contributed by atoms with Gasteiger partial charge in [-0.05, 0) is 31.0 Å². The highest BCUT2D eigenvalue weighted by molar-refractivity contribution is 7.91. The van der Waals surface area contributed by atoms with Gasteiger partial charge in [-0.1, -0.05) is 23.7 Å². The van der Waals surface area contributed by atoms with Crippen molar-refractivity contribution >= 4 is 21.4 Å². The van der Waals surface area contributed by atoms with Crippen LogP contribution in [0.15, 0.2) is 24.3 Å². The zero-order chi connectivity index (χ0) is 14.8. The van der Waals surface area contributed by atoms with Crippen molar-refractivity contribution in [3.8, 4) is 0 Å². The lowest BCUT2D eigenvalue weighted by Crippen LogP contribution is -2.47. The Morgan fingerprint density at radius 1 is 1.40 bits per heavy atom. The highest BCUT2D eigenvalue weighted by Gasteiger charge is 2.27. The first-order valence-electron chi connectivity index (χ1n) is 6.83. The van der Waals surface area contributed by atoms with E-state index < -0.39 is 9.84 Å². The third-order valence-electron chi connectivity index (χ3n) is 3.83. The van der Waals surface area contributed by atoms with Gasteiger partial charge in [-0.3, -0.25) is 4.90 Å². The molecule has 0 spiro atoms. The normalized spacial score (nSPS) is 24.4. The fourth-order valence-corrected chi connectivity index (χ4v) is 4.30. The number of sulfone groups is 1. The van der Waals surface area contributed by atoms with Crippen LogP contribution in [0.25, 0.3) is 0 Å². The molecule has 2 rings (SSSR count). The maximum absolute atomic E-state index is 11.5. The van der Waals surface area contributed by atoms with E-state index in [1.54, 1.807) is 0 Å². The number of nitrogens with zero attached hydrogens (tertiary/aromatic N) is 1. The molecule has 6 heteroatoms. The maximum atomic E-state index is 11.5. The zero-order valence-corrected chi connectivity index (χ0v) is 13.2. The summed E-state index contributed by atoms with van der Waals surface area (Å²) < 4.78 is 23.1. The van der Waals surface area contributed by atoms with Gasteiger partial charge in [0.25, 0.3) is 0 Å². The van der Waals surface area contributed by atoms with Crippen LogP contribution in [-0.4, -0.2) is 44.0 Å². The van der Waals surface area contributed by atoms with Gasteiger partial charge in [0.05, 0.1) is 11.5 Å². The predicted octanol–water partition coefficient (Wildman–Crippen LogP) is 1.85. The molecule has 112 valence electrons. The summed E-state index contributed by atoms with van der Waals surface area (Å²) in [6, 6.07) is 7.59.